The molecule has 0 saturated heterocycles. The molecule has 0 aromatic heterocycles. The number of nitrogens with one attached hydrogen (secondary N) is 1. The van der Waals surface area contributed by atoms with Crippen molar-refractivity contribution in [2.75, 3.05) is 14.2 Å². The molecule has 1 rings (SSSR count). The van der Waals surface area contributed by atoms with Gasteiger partial charge in [-0.15, -0.1) is 0 Å². The summed E-state index contributed by atoms with van der Waals surface area (Å²) in [5.74, 6) is 1.01. The van der Waals surface area contributed by atoms with Gasteiger partial charge in [0.1, 0.15) is 11.8 Å². The molecule has 0 amide bonds. The van der Waals surface area contributed by atoms with Gasteiger partial charge in [0.05, 0.1) is 14.2 Å². The fourth-order valence-corrected chi connectivity index (χ4v) is 2.26. The lowest BCUT2D eigenvalue weighted by Gasteiger charge is -2.24. The highest BCUT2D eigenvalue weighted by Gasteiger charge is 2.23. The molecule has 4 nitrogen and oxygen atoms in total. The van der Waals surface area contributed by atoms with Gasteiger partial charge in [-0.3, -0.25) is 10.1 Å². The molecular formula is C16H25NO3. The van der Waals surface area contributed by atoms with Crippen LogP contribution >= 0.6 is 0 Å². The standard InChI is InChI=1S/C16H25NO3/c1-11(2)10-14(16(18)20-5)17-12(3)13-8-6-7-9-15(13)19-4/h6-9,11-12,14,17H,10H2,1-5H3. The number of esters is 1. The molecule has 0 bridgehead atoms. The highest BCUT2D eigenvalue weighted by molar-refractivity contribution is 5.75. The average Bonchev–Trinajstić information content (AvgIpc) is 2.45. The van der Waals surface area contributed by atoms with E-state index in [9.17, 15) is 4.79 Å². The zero-order chi connectivity index (χ0) is 15.1. The fourth-order valence-electron chi connectivity index (χ4n) is 2.26. The van der Waals surface area contributed by atoms with E-state index in [0.717, 1.165) is 17.7 Å². The van der Waals surface area contributed by atoms with Crippen molar-refractivity contribution >= 4 is 5.97 Å². The van der Waals surface area contributed by atoms with Gasteiger partial charge >= 0.3 is 5.97 Å². The Bertz CT molecular complexity index is 431. The summed E-state index contributed by atoms with van der Waals surface area (Å²) in [5.41, 5.74) is 1.03. The third-order valence-electron chi connectivity index (χ3n) is 3.25. The largest absolute Gasteiger partial charge is 0.496 e. The number of rotatable bonds is 7. The normalized spacial score (nSPS) is 13.9. The van der Waals surface area contributed by atoms with E-state index in [4.69, 9.17) is 9.47 Å². The summed E-state index contributed by atoms with van der Waals surface area (Å²) in [6.07, 6.45) is 0.742. The van der Waals surface area contributed by atoms with Crippen LogP contribution in [0.15, 0.2) is 24.3 Å². The van der Waals surface area contributed by atoms with Crippen molar-refractivity contribution in [3.8, 4) is 5.75 Å². The Morgan fingerprint density at radius 1 is 1.20 bits per heavy atom. The Hall–Kier alpha value is -1.55. The van der Waals surface area contributed by atoms with Crippen molar-refractivity contribution in [1.29, 1.82) is 0 Å². The van der Waals surface area contributed by atoms with Gasteiger partial charge in [0.2, 0.25) is 0 Å². The summed E-state index contributed by atoms with van der Waals surface area (Å²) in [5, 5.41) is 3.34. The van der Waals surface area contributed by atoms with E-state index in [0.29, 0.717) is 5.92 Å². The molecule has 0 heterocycles. The number of carbonyl (C=O) groups excluding carboxylic acids is 1. The SMILES string of the molecule is COC(=O)C(CC(C)C)NC(C)c1ccccc1OC. The lowest BCUT2D eigenvalue weighted by atomic mass is 10.0. The zero-order valence-corrected chi connectivity index (χ0v) is 13.0. The first-order chi connectivity index (χ1) is 9.49. The first-order valence-corrected chi connectivity index (χ1v) is 6.96. The second-order valence-corrected chi connectivity index (χ2v) is 5.34. The third kappa shape index (κ3) is 4.53. The molecule has 2 unspecified atom stereocenters. The summed E-state index contributed by atoms with van der Waals surface area (Å²) in [6.45, 7) is 6.20. The highest BCUT2D eigenvalue weighted by Crippen LogP contribution is 2.25. The van der Waals surface area contributed by atoms with E-state index in [1.807, 2.05) is 31.2 Å². The third-order valence-corrected chi connectivity index (χ3v) is 3.25. The topological polar surface area (TPSA) is 47.6 Å². The van der Waals surface area contributed by atoms with Crippen LogP contribution in [0.4, 0.5) is 0 Å². The summed E-state index contributed by atoms with van der Waals surface area (Å²) in [7, 11) is 3.07. The van der Waals surface area contributed by atoms with E-state index in [-0.39, 0.29) is 18.1 Å². The number of benzene rings is 1. The van der Waals surface area contributed by atoms with Crippen molar-refractivity contribution in [3.05, 3.63) is 29.8 Å². The molecule has 1 aromatic carbocycles. The number of para-hydroxylation sites is 1. The molecule has 2 atom stereocenters. The van der Waals surface area contributed by atoms with Gasteiger partial charge in [0, 0.05) is 11.6 Å². The van der Waals surface area contributed by atoms with Crippen molar-refractivity contribution in [1.82, 2.24) is 5.32 Å². The molecule has 0 radical (unpaired) electrons. The lowest BCUT2D eigenvalue weighted by molar-refractivity contribution is -0.143. The second-order valence-electron chi connectivity index (χ2n) is 5.34. The molecule has 0 aliphatic heterocycles. The van der Waals surface area contributed by atoms with Crippen LogP contribution in [0.3, 0.4) is 0 Å². The van der Waals surface area contributed by atoms with E-state index in [1.54, 1.807) is 7.11 Å². The monoisotopic (exact) mass is 279 g/mol. The molecular weight excluding hydrogens is 254 g/mol. The second kappa shape index (κ2) is 7.90. The van der Waals surface area contributed by atoms with Crippen LogP contribution in [0.5, 0.6) is 5.75 Å². The van der Waals surface area contributed by atoms with Gasteiger partial charge in [0.15, 0.2) is 0 Å². The van der Waals surface area contributed by atoms with Gasteiger partial charge in [-0.05, 0) is 25.3 Å². The minimum absolute atomic E-state index is 0.00833. The van der Waals surface area contributed by atoms with Crippen LogP contribution in [-0.2, 0) is 9.53 Å². The number of hydrogen-bond donors (Lipinski definition) is 1. The lowest BCUT2D eigenvalue weighted by Crippen LogP contribution is -2.40. The number of ether oxygens (including phenoxy) is 2. The Morgan fingerprint density at radius 3 is 2.40 bits per heavy atom. The van der Waals surface area contributed by atoms with Gasteiger partial charge in [-0.2, -0.15) is 0 Å². The predicted molar refractivity (Wildman–Crippen MR) is 79.8 cm³/mol. The summed E-state index contributed by atoms with van der Waals surface area (Å²) >= 11 is 0. The molecule has 0 fully saturated rings. The molecule has 1 N–H and O–H groups in total. The highest BCUT2D eigenvalue weighted by atomic mass is 16.5. The summed E-state index contributed by atoms with van der Waals surface area (Å²) in [4.78, 5) is 11.9. The van der Waals surface area contributed by atoms with E-state index in [1.165, 1.54) is 7.11 Å². The molecule has 112 valence electrons. The van der Waals surface area contributed by atoms with Gasteiger partial charge in [0.25, 0.3) is 0 Å². The maximum absolute atomic E-state index is 11.9. The number of hydrogen-bond acceptors (Lipinski definition) is 4. The van der Waals surface area contributed by atoms with Crippen molar-refractivity contribution < 1.29 is 14.3 Å². The smallest absolute Gasteiger partial charge is 0.322 e. The minimum Gasteiger partial charge on any atom is -0.496 e. The molecule has 4 heteroatoms. The maximum atomic E-state index is 11.9. The first-order valence-electron chi connectivity index (χ1n) is 6.96. The van der Waals surface area contributed by atoms with Crippen molar-refractivity contribution in [3.63, 3.8) is 0 Å². The quantitative estimate of drug-likeness (QED) is 0.780. The minimum atomic E-state index is -0.306. The number of carbonyl (C=O) groups is 1. The zero-order valence-electron chi connectivity index (χ0n) is 13.0. The van der Waals surface area contributed by atoms with Crippen molar-refractivity contribution in [2.45, 2.75) is 39.3 Å². The molecule has 0 saturated carbocycles. The average molecular weight is 279 g/mol. The first kappa shape index (κ1) is 16.5. The van der Waals surface area contributed by atoms with Gasteiger partial charge in [-0.1, -0.05) is 32.0 Å². The molecule has 1 aromatic rings. The van der Waals surface area contributed by atoms with E-state index >= 15 is 0 Å². The maximum Gasteiger partial charge on any atom is 0.322 e. The fraction of sp³-hybridized carbons (Fsp3) is 0.562. The Labute approximate surface area is 121 Å². The van der Waals surface area contributed by atoms with Crippen molar-refractivity contribution in [2.24, 2.45) is 5.92 Å². The Morgan fingerprint density at radius 2 is 1.85 bits per heavy atom. The van der Waals surface area contributed by atoms with Crippen LogP contribution in [0, 0.1) is 5.92 Å². The van der Waals surface area contributed by atoms with Crippen LogP contribution < -0.4 is 10.1 Å². The van der Waals surface area contributed by atoms with Crippen LogP contribution in [0.2, 0.25) is 0 Å². The van der Waals surface area contributed by atoms with Gasteiger partial charge < -0.3 is 9.47 Å². The number of methoxy groups -OCH3 is 2. The molecule has 0 spiro atoms. The van der Waals surface area contributed by atoms with E-state index < -0.39 is 0 Å². The molecule has 0 aliphatic carbocycles. The van der Waals surface area contributed by atoms with Crippen LogP contribution in [-0.4, -0.2) is 26.2 Å². The Kier molecular flexibility index (Phi) is 6.52. The van der Waals surface area contributed by atoms with E-state index in [2.05, 4.69) is 19.2 Å². The van der Waals surface area contributed by atoms with Gasteiger partial charge in [-0.25, -0.2) is 0 Å². The Balaban J connectivity index is 2.84. The predicted octanol–water partition coefficient (Wildman–Crippen LogP) is 2.93. The summed E-state index contributed by atoms with van der Waals surface area (Å²) in [6, 6.07) is 7.52. The molecule has 20 heavy (non-hydrogen) atoms. The summed E-state index contributed by atoms with van der Waals surface area (Å²) < 4.78 is 10.2. The molecule has 0 aliphatic rings. The van der Waals surface area contributed by atoms with Crippen LogP contribution in [0.25, 0.3) is 0 Å². The van der Waals surface area contributed by atoms with Crippen LogP contribution in [0.1, 0.15) is 38.8 Å².